The van der Waals surface area contributed by atoms with E-state index in [9.17, 15) is 39.3 Å². The molecule has 3 rings (SSSR count). The molecule has 0 radical (unpaired) electrons. The van der Waals surface area contributed by atoms with Crippen LogP contribution in [0.25, 0.3) is 0 Å². The van der Waals surface area contributed by atoms with Gasteiger partial charge in [-0.25, -0.2) is 0 Å². The van der Waals surface area contributed by atoms with E-state index >= 15 is 0 Å². The van der Waals surface area contributed by atoms with Crippen LogP contribution in [0.4, 0.5) is 0 Å². The lowest BCUT2D eigenvalue weighted by Gasteiger charge is -2.27. The van der Waals surface area contributed by atoms with E-state index in [1.807, 2.05) is 13.8 Å². The highest BCUT2D eigenvalue weighted by Gasteiger charge is 2.32. The number of rotatable bonds is 21. The number of nitrogens with zero attached hydrogens (tertiary/aromatic N) is 1. The summed E-state index contributed by atoms with van der Waals surface area (Å²) in [7, 11) is 0. The number of phenols is 3. The molecule has 302 valence electrons. The third-order valence-corrected chi connectivity index (χ3v) is 8.69. The van der Waals surface area contributed by atoms with E-state index in [0.717, 1.165) is 0 Å². The molecule has 0 bridgehead atoms. The van der Waals surface area contributed by atoms with Crippen molar-refractivity contribution in [2.75, 3.05) is 6.54 Å². The molecular formula is C39H53N9O8. The van der Waals surface area contributed by atoms with Crippen LogP contribution < -0.4 is 44.2 Å². The zero-order valence-corrected chi connectivity index (χ0v) is 31.5. The van der Waals surface area contributed by atoms with Crippen molar-refractivity contribution in [3.05, 3.63) is 89.5 Å². The molecular weight excluding hydrogens is 722 g/mol. The molecule has 0 spiro atoms. The Kier molecular flexibility index (Phi) is 16.9. The van der Waals surface area contributed by atoms with Crippen LogP contribution in [0.5, 0.6) is 17.2 Å². The zero-order valence-electron chi connectivity index (χ0n) is 31.5. The lowest BCUT2D eigenvalue weighted by atomic mass is 9.99. The molecule has 0 aromatic heterocycles. The molecule has 17 nitrogen and oxygen atoms in total. The first-order valence-corrected chi connectivity index (χ1v) is 18.2. The highest BCUT2D eigenvalue weighted by atomic mass is 16.3. The Labute approximate surface area is 325 Å². The monoisotopic (exact) mass is 775 g/mol. The Morgan fingerprint density at radius 3 is 1.43 bits per heavy atom. The molecule has 0 aliphatic heterocycles. The van der Waals surface area contributed by atoms with Crippen molar-refractivity contribution < 1.29 is 39.3 Å². The minimum Gasteiger partial charge on any atom is -0.508 e. The molecule has 0 saturated heterocycles. The van der Waals surface area contributed by atoms with Crippen LogP contribution in [0.2, 0.25) is 0 Å². The van der Waals surface area contributed by atoms with Gasteiger partial charge in [-0.05, 0) is 84.7 Å². The first kappa shape index (κ1) is 44.0. The lowest BCUT2D eigenvalue weighted by molar-refractivity contribution is -0.134. The minimum atomic E-state index is -1.21. The number of aromatic hydroxyl groups is 3. The van der Waals surface area contributed by atoms with Gasteiger partial charge in [0.25, 0.3) is 0 Å². The number of carbonyl (C=O) groups is 5. The highest BCUT2D eigenvalue weighted by molar-refractivity contribution is 5.96. The van der Waals surface area contributed by atoms with Gasteiger partial charge in [-0.3, -0.25) is 29.0 Å². The van der Waals surface area contributed by atoms with Crippen LogP contribution in [0.1, 0.15) is 49.8 Å². The van der Waals surface area contributed by atoms with Gasteiger partial charge in [0.05, 0.1) is 6.04 Å². The third-order valence-electron chi connectivity index (χ3n) is 8.69. The van der Waals surface area contributed by atoms with Crippen molar-refractivity contribution in [1.82, 2.24) is 21.3 Å². The summed E-state index contributed by atoms with van der Waals surface area (Å²) in [5, 5.41) is 39.8. The summed E-state index contributed by atoms with van der Waals surface area (Å²) in [5.41, 5.74) is 24.6. The van der Waals surface area contributed by atoms with E-state index in [1.165, 1.54) is 36.4 Å². The number of benzene rings is 3. The van der Waals surface area contributed by atoms with Crippen molar-refractivity contribution in [2.24, 2.45) is 33.8 Å². The van der Waals surface area contributed by atoms with Crippen LogP contribution in [0.15, 0.2) is 77.8 Å². The first-order chi connectivity index (χ1) is 26.5. The molecule has 3 aromatic carbocycles. The second-order valence-corrected chi connectivity index (χ2v) is 13.9. The highest BCUT2D eigenvalue weighted by Crippen LogP contribution is 2.15. The molecule has 0 aliphatic rings. The molecule has 0 saturated carbocycles. The zero-order chi connectivity index (χ0) is 41.4. The minimum absolute atomic E-state index is 0.00256. The molecule has 3 aromatic rings. The van der Waals surface area contributed by atoms with Crippen molar-refractivity contribution in [3.8, 4) is 17.2 Å². The maximum Gasteiger partial charge on any atom is 0.243 e. The van der Waals surface area contributed by atoms with E-state index in [4.69, 9.17) is 22.9 Å². The van der Waals surface area contributed by atoms with Crippen LogP contribution in [0, 0.1) is 5.92 Å². The van der Waals surface area contributed by atoms with Crippen LogP contribution in [-0.4, -0.2) is 87.6 Å². The largest absolute Gasteiger partial charge is 0.508 e. The van der Waals surface area contributed by atoms with Gasteiger partial charge >= 0.3 is 0 Å². The quantitative estimate of drug-likeness (QED) is 0.0379. The van der Waals surface area contributed by atoms with Crippen molar-refractivity contribution >= 4 is 35.5 Å². The Morgan fingerprint density at radius 2 is 0.964 bits per heavy atom. The smallest absolute Gasteiger partial charge is 0.243 e. The van der Waals surface area contributed by atoms with Crippen LogP contribution in [0.3, 0.4) is 0 Å². The maximum absolute atomic E-state index is 14.0. The van der Waals surface area contributed by atoms with Gasteiger partial charge in [0.15, 0.2) is 5.96 Å². The number of hydrogen-bond donors (Lipinski definition) is 11. The van der Waals surface area contributed by atoms with Gasteiger partial charge in [-0.2, -0.15) is 0 Å². The van der Waals surface area contributed by atoms with E-state index < -0.39 is 59.7 Å². The number of nitrogens with one attached hydrogen (secondary N) is 4. The second kappa shape index (κ2) is 21.5. The average Bonchev–Trinajstić information content (AvgIpc) is 3.14. The molecule has 5 atom stereocenters. The van der Waals surface area contributed by atoms with Crippen LogP contribution in [-0.2, 0) is 43.2 Å². The molecule has 0 unspecified atom stereocenters. The van der Waals surface area contributed by atoms with E-state index in [0.29, 0.717) is 16.7 Å². The number of phenolic OH excluding ortho intramolecular Hbond substituents is 3. The molecule has 5 amide bonds. The summed E-state index contributed by atoms with van der Waals surface area (Å²) in [6, 6.07) is 12.4. The van der Waals surface area contributed by atoms with Crippen molar-refractivity contribution in [1.29, 1.82) is 0 Å². The summed E-state index contributed by atoms with van der Waals surface area (Å²) in [5.74, 6) is -3.81. The van der Waals surface area contributed by atoms with Gasteiger partial charge < -0.3 is 59.5 Å². The molecule has 56 heavy (non-hydrogen) atoms. The maximum atomic E-state index is 14.0. The number of aliphatic imine (C=N–C) groups is 1. The number of guanidine groups is 1. The third kappa shape index (κ3) is 15.2. The van der Waals surface area contributed by atoms with Crippen LogP contribution >= 0.6 is 0 Å². The molecule has 0 heterocycles. The average molecular weight is 776 g/mol. The standard InChI is InChI=1S/C39H53N9O8/c1-22(2)18-32(37(55)45-30(4-3-17-44-39(42)43)36(54)46-31(34(41)52)20-24-7-13-27(50)14-8-24)48-38(56)33(21-25-9-15-28(51)16-10-25)47-35(53)29(40)19-23-5-11-26(49)12-6-23/h5-16,22,29-33,49-51H,3-4,17-21,40H2,1-2H3,(H2,41,52)(H,45,55)(H,46,54)(H,47,53)(H,48,56)(H4,42,43,44)/t29-,30+,31+,32+,33+/m1/s1. The Hall–Kier alpha value is -6.36. The number of nitrogens with two attached hydrogens (primary N) is 4. The van der Waals surface area contributed by atoms with Gasteiger partial charge in [-0.1, -0.05) is 50.2 Å². The normalized spacial score (nSPS) is 13.6. The van der Waals surface area contributed by atoms with Gasteiger partial charge in [0.2, 0.25) is 29.5 Å². The number of hydrogen-bond acceptors (Lipinski definition) is 10. The Bertz CT molecular complexity index is 1800. The number of carbonyl (C=O) groups excluding carboxylic acids is 5. The SMILES string of the molecule is CC(C)C[C@H](NC(=O)[C@H](Cc1ccc(O)cc1)NC(=O)[C@H](N)Cc1ccc(O)cc1)C(=O)N[C@@H](CCCN=C(N)N)C(=O)N[C@@H](Cc1ccc(O)cc1)C(N)=O. The second-order valence-electron chi connectivity index (χ2n) is 13.9. The summed E-state index contributed by atoms with van der Waals surface area (Å²) >= 11 is 0. The fourth-order valence-corrected chi connectivity index (χ4v) is 5.72. The lowest BCUT2D eigenvalue weighted by Crippen LogP contribution is -2.59. The fraction of sp³-hybridized carbons (Fsp3) is 0.385. The topological polar surface area (TPSA) is 311 Å². The number of primary amides is 1. The predicted molar refractivity (Wildman–Crippen MR) is 210 cm³/mol. The number of amides is 5. The molecule has 15 N–H and O–H groups in total. The van der Waals surface area contributed by atoms with E-state index in [2.05, 4.69) is 26.3 Å². The fourth-order valence-electron chi connectivity index (χ4n) is 5.72. The van der Waals surface area contributed by atoms with Crippen molar-refractivity contribution in [2.45, 2.75) is 82.6 Å². The van der Waals surface area contributed by atoms with E-state index in [1.54, 1.807) is 36.4 Å². The van der Waals surface area contributed by atoms with Gasteiger partial charge in [0.1, 0.15) is 41.4 Å². The summed E-state index contributed by atoms with van der Waals surface area (Å²) in [4.78, 5) is 71.2. The molecule has 0 fully saturated rings. The van der Waals surface area contributed by atoms with Crippen molar-refractivity contribution in [3.63, 3.8) is 0 Å². The summed E-state index contributed by atoms with van der Waals surface area (Å²) in [6.07, 6.45) is 0.531. The molecule has 0 aliphatic carbocycles. The predicted octanol–water partition coefficient (Wildman–Crippen LogP) is -0.317. The van der Waals surface area contributed by atoms with E-state index in [-0.39, 0.29) is 74.2 Å². The van der Waals surface area contributed by atoms with Gasteiger partial charge in [0, 0.05) is 19.4 Å². The molecule has 17 heteroatoms. The Morgan fingerprint density at radius 1 is 0.571 bits per heavy atom. The van der Waals surface area contributed by atoms with Gasteiger partial charge in [-0.15, -0.1) is 0 Å². The Balaban J connectivity index is 1.83. The summed E-state index contributed by atoms with van der Waals surface area (Å²) in [6.45, 7) is 3.81. The summed E-state index contributed by atoms with van der Waals surface area (Å²) < 4.78 is 0. The first-order valence-electron chi connectivity index (χ1n) is 18.2.